The Kier molecular flexibility index (Phi) is 5.57. The fraction of sp³-hybridized carbons (Fsp3) is 0.650. The van der Waals surface area contributed by atoms with Crippen LogP contribution in [0.25, 0.3) is 0 Å². The molecule has 146 valence electrons. The molecule has 0 bridgehead atoms. The van der Waals surface area contributed by atoms with Crippen molar-refractivity contribution in [2.24, 2.45) is 7.05 Å². The van der Waals surface area contributed by atoms with Gasteiger partial charge in [0.05, 0.1) is 6.54 Å². The lowest BCUT2D eigenvalue weighted by molar-refractivity contribution is 0.0705. The normalized spacial score (nSPS) is 20.0. The molecule has 2 aromatic heterocycles. The van der Waals surface area contributed by atoms with E-state index in [1.165, 1.54) is 38.8 Å². The first-order valence-electron chi connectivity index (χ1n) is 10.3. The zero-order valence-corrected chi connectivity index (χ0v) is 16.2. The van der Waals surface area contributed by atoms with Gasteiger partial charge in [0.2, 0.25) is 0 Å². The van der Waals surface area contributed by atoms with Crippen LogP contribution in [0, 0.1) is 0 Å². The van der Waals surface area contributed by atoms with Crippen molar-refractivity contribution in [1.29, 1.82) is 0 Å². The third-order valence-corrected chi connectivity index (χ3v) is 6.04. The molecule has 0 aliphatic carbocycles. The van der Waals surface area contributed by atoms with Crippen LogP contribution in [0.1, 0.15) is 66.6 Å². The van der Waals surface area contributed by atoms with Crippen LogP contribution >= 0.6 is 0 Å². The number of carbonyl (C=O) groups excluding carboxylic acids is 1. The second-order valence-electron chi connectivity index (χ2n) is 7.87. The number of amides is 1. The average Bonchev–Trinajstić information content (AvgIpc) is 3.27. The average molecular weight is 371 g/mol. The molecule has 2 aromatic rings. The lowest BCUT2D eigenvalue weighted by Gasteiger charge is -2.31. The molecule has 0 spiro atoms. The molecule has 4 heterocycles. The Morgan fingerprint density at radius 1 is 1.11 bits per heavy atom. The fourth-order valence-corrected chi connectivity index (χ4v) is 4.34. The van der Waals surface area contributed by atoms with E-state index in [-0.39, 0.29) is 5.91 Å². The molecular formula is C20H30N6O. The maximum Gasteiger partial charge on any atom is 0.270 e. The summed E-state index contributed by atoms with van der Waals surface area (Å²) in [5.41, 5.74) is 0.673. The number of aromatic amines is 1. The van der Waals surface area contributed by atoms with Crippen molar-refractivity contribution < 1.29 is 4.79 Å². The van der Waals surface area contributed by atoms with E-state index in [0.29, 0.717) is 11.6 Å². The minimum atomic E-state index is 0.0956. The van der Waals surface area contributed by atoms with Crippen molar-refractivity contribution >= 4 is 5.91 Å². The summed E-state index contributed by atoms with van der Waals surface area (Å²) in [6.07, 6.45) is 8.96. The summed E-state index contributed by atoms with van der Waals surface area (Å²) in [4.78, 5) is 19.9. The number of nitrogens with zero attached hydrogens (tertiary/aromatic N) is 5. The van der Waals surface area contributed by atoms with E-state index in [9.17, 15) is 4.79 Å². The van der Waals surface area contributed by atoms with Crippen molar-refractivity contribution in [1.82, 2.24) is 29.5 Å². The Hall–Kier alpha value is -2.15. The van der Waals surface area contributed by atoms with E-state index >= 15 is 0 Å². The predicted octanol–water partition coefficient (Wildman–Crippen LogP) is 2.54. The van der Waals surface area contributed by atoms with Crippen LogP contribution in [-0.2, 0) is 13.6 Å². The Morgan fingerprint density at radius 2 is 1.85 bits per heavy atom. The van der Waals surface area contributed by atoms with Crippen molar-refractivity contribution in [3.05, 3.63) is 35.7 Å². The molecule has 4 rings (SSSR count). The van der Waals surface area contributed by atoms with Gasteiger partial charge in [-0.15, -0.1) is 10.2 Å². The van der Waals surface area contributed by atoms with Crippen LogP contribution < -0.4 is 0 Å². The van der Waals surface area contributed by atoms with Gasteiger partial charge in [0.1, 0.15) is 17.3 Å². The van der Waals surface area contributed by atoms with Gasteiger partial charge in [0, 0.05) is 32.3 Å². The van der Waals surface area contributed by atoms with E-state index in [0.717, 1.165) is 44.1 Å². The minimum absolute atomic E-state index is 0.0956. The maximum atomic E-state index is 12.5. The third kappa shape index (κ3) is 4.08. The van der Waals surface area contributed by atoms with E-state index in [4.69, 9.17) is 0 Å². The zero-order valence-electron chi connectivity index (χ0n) is 16.2. The molecule has 7 nitrogen and oxygen atoms in total. The smallest absolute Gasteiger partial charge is 0.270 e. The predicted molar refractivity (Wildman–Crippen MR) is 103 cm³/mol. The molecule has 2 aliphatic heterocycles. The molecule has 0 radical (unpaired) electrons. The summed E-state index contributed by atoms with van der Waals surface area (Å²) < 4.78 is 2.19. The molecular weight excluding hydrogens is 340 g/mol. The molecule has 0 unspecified atom stereocenters. The molecule has 7 heteroatoms. The quantitative estimate of drug-likeness (QED) is 0.898. The SMILES string of the molecule is Cn1c(CN2CCCCCC2)nnc1C1CCN(C(=O)c2ccc[nH]2)CC1. The van der Waals surface area contributed by atoms with Crippen LogP contribution in [-0.4, -0.2) is 61.6 Å². The van der Waals surface area contributed by atoms with Gasteiger partial charge in [-0.3, -0.25) is 9.69 Å². The van der Waals surface area contributed by atoms with Crippen molar-refractivity contribution in [2.45, 2.75) is 51.0 Å². The number of piperidine rings is 1. The van der Waals surface area contributed by atoms with Crippen molar-refractivity contribution in [2.75, 3.05) is 26.2 Å². The highest BCUT2D eigenvalue weighted by Crippen LogP contribution is 2.27. The highest BCUT2D eigenvalue weighted by Gasteiger charge is 2.28. The van der Waals surface area contributed by atoms with Gasteiger partial charge in [0.15, 0.2) is 0 Å². The molecule has 2 saturated heterocycles. The van der Waals surface area contributed by atoms with E-state index < -0.39 is 0 Å². The van der Waals surface area contributed by atoms with E-state index in [2.05, 4.69) is 31.7 Å². The molecule has 27 heavy (non-hydrogen) atoms. The number of rotatable bonds is 4. The second-order valence-corrected chi connectivity index (χ2v) is 7.87. The van der Waals surface area contributed by atoms with Gasteiger partial charge < -0.3 is 14.5 Å². The lowest BCUT2D eigenvalue weighted by atomic mass is 9.95. The summed E-state index contributed by atoms with van der Waals surface area (Å²) in [6, 6.07) is 3.71. The summed E-state index contributed by atoms with van der Waals surface area (Å²) in [5.74, 6) is 2.62. The monoisotopic (exact) mass is 370 g/mol. The van der Waals surface area contributed by atoms with Crippen LogP contribution in [0.3, 0.4) is 0 Å². The van der Waals surface area contributed by atoms with Crippen molar-refractivity contribution in [3.8, 4) is 0 Å². The van der Waals surface area contributed by atoms with Gasteiger partial charge in [-0.2, -0.15) is 0 Å². The number of hydrogen-bond acceptors (Lipinski definition) is 4. The molecule has 0 atom stereocenters. The van der Waals surface area contributed by atoms with Crippen molar-refractivity contribution in [3.63, 3.8) is 0 Å². The van der Waals surface area contributed by atoms with Gasteiger partial charge in [-0.1, -0.05) is 12.8 Å². The first-order chi connectivity index (χ1) is 13.2. The highest BCUT2D eigenvalue weighted by atomic mass is 16.2. The Labute approximate surface area is 160 Å². The third-order valence-electron chi connectivity index (χ3n) is 6.04. The molecule has 2 fully saturated rings. The van der Waals surface area contributed by atoms with Gasteiger partial charge >= 0.3 is 0 Å². The Balaban J connectivity index is 1.36. The minimum Gasteiger partial charge on any atom is -0.357 e. The number of hydrogen-bond donors (Lipinski definition) is 1. The first-order valence-corrected chi connectivity index (χ1v) is 10.3. The summed E-state index contributed by atoms with van der Waals surface area (Å²) in [7, 11) is 2.10. The van der Waals surface area contributed by atoms with Gasteiger partial charge in [-0.25, -0.2) is 0 Å². The second kappa shape index (κ2) is 8.25. The van der Waals surface area contributed by atoms with E-state index in [1.54, 1.807) is 6.20 Å². The summed E-state index contributed by atoms with van der Waals surface area (Å²) in [6.45, 7) is 4.78. The number of nitrogens with one attached hydrogen (secondary N) is 1. The van der Waals surface area contributed by atoms with Crippen LogP contribution in [0.2, 0.25) is 0 Å². The van der Waals surface area contributed by atoms with E-state index in [1.807, 2.05) is 17.0 Å². The Morgan fingerprint density at radius 3 is 2.52 bits per heavy atom. The molecule has 1 amide bonds. The largest absolute Gasteiger partial charge is 0.357 e. The summed E-state index contributed by atoms with van der Waals surface area (Å²) in [5, 5.41) is 9.02. The standard InChI is InChI=1S/C20H30N6O/c1-24-18(15-25-11-4-2-3-5-12-25)22-23-19(24)16-8-13-26(14-9-16)20(27)17-7-6-10-21-17/h6-7,10,16,21H,2-5,8-9,11-15H2,1H3. The zero-order chi connectivity index (χ0) is 18.6. The Bertz CT molecular complexity index is 737. The maximum absolute atomic E-state index is 12.5. The summed E-state index contributed by atoms with van der Waals surface area (Å²) >= 11 is 0. The number of aromatic nitrogens is 4. The topological polar surface area (TPSA) is 70.1 Å². The van der Waals surface area contributed by atoms with Crippen LogP contribution in [0.15, 0.2) is 18.3 Å². The van der Waals surface area contributed by atoms with Gasteiger partial charge in [-0.05, 0) is 50.9 Å². The van der Waals surface area contributed by atoms with Crippen LogP contribution in [0.5, 0.6) is 0 Å². The lowest BCUT2D eigenvalue weighted by Crippen LogP contribution is -2.38. The molecule has 0 aromatic carbocycles. The highest BCUT2D eigenvalue weighted by molar-refractivity contribution is 5.92. The number of carbonyl (C=O) groups is 1. The fourth-order valence-electron chi connectivity index (χ4n) is 4.34. The first kappa shape index (κ1) is 18.2. The molecule has 2 aliphatic rings. The molecule has 0 saturated carbocycles. The number of H-pyrrole nitrogens is 1. The van der Waals surface area contributed by atoms with Gasteiger partial charge in [0.25, 0.3) is 5.91 Å². The molecule has 1 N–H and O–H groups in total. The van der Waals surface area contributed by atoms with Crippen LogP contribution in [0.4, 0.5) is 0 Å². The number of likely N-dealkylation sites (tertiary alicyclic amines) is 2.